The maximum absolute atomic E-state index is 13.7. The first-order chi connectivity index (χ1) is 17.9. The van der Waals surface area contributed by atoms with Gasteiger partial charge in [-0.15, -0.1) is 16.8 Å². The normalized spacial score (nSPS) is 23.9. The molecule has 0 radical (unpaired) electrons. The van der Waals surface area contributed by atoms with E-state index >= 15 is 0 Å². The molecular formula is C30H34ClN5O. The van der Waals surface area contributed by atoms with Crippen LogP contribution in [-0.4, -0.2) is 27.2 Å². The summed E-state index contributed by atoms with van der Waals surface area (Å²) >= 11 is 6.76. The number of allylic oxidation sites excluding steroid dienone is 1. The second-order valence-corrected chi connectivity index (χ2v) is 11.6. The zero-order valence-electron chi connectivity index (χ0n) is 21.6. The number of hydrogen-bond acceptors (Lipinski definition) is 4. The van der Waals surface area contributed by atoms with Gasteiger partial charge in [0.25, 0.3) is 5.91 Å². The summed E-state index contributed by atoms with van der Waals surface area (Å²) in [6, 6.07) is 12.6. The fourth-order valence-corrected chi connectivity index (χ4v) is 6.53. The average molecular weight is 516 g/mol. The second-order valence-electron chi connectivity index (χ2n) is 11.1. The Morgan fingerprint density at radius 3 is 2.76 bits per heavy atom. The average Bonchev–Trinajstić information content (AvgIpc) is 3.42. The Balaban J connectivity index is 1.28. The molecule has 192 valence electrons. The van der Waals surface area contributed by atoms with Gasteiger partial charge in [0.1, 0.15) is 12.2 Å². The molecule has 0 bridgehead atoms. The SMILES string of the molecule is C=CC1CC(c2cccc(N3Cc4c(Cl)cc([C@@H](C)NCC5CCC5)cc4C3=O)c2)(c2nncn2C)C1. The molecule has 2 fully saturated rings. The highest BCUT2D eigenvalue weighted by molar-refractivity contribution is 6.32. The number of nitrogens with one attached hydrogen (secondary N) is 1. The number of benzene rings is 2. The number of amides is 1. The summed E-state index contributed by atoms with van der Waals surface area (Å²) in [5.41, 5.74) is 4.49. The lowest BCUT2D eigenvalue weighted by Gasteiger charge is -2.46. The molecular weight excluding hydrogens is 482 g/mol. The van der Waals surface area contributed by atoms with Gasteiger partial charge in [0.2, 0.25) is 0 Å². The van der Waals surface area contributed by atoms with Crippen molar-refractivity contribution in [2.45, 2.75) is 57.0 Å². The minimum absolute atomic E-state index is 0.00683. The summed E-state index contributed by atoms with van der Waals surface area (Å²) in [7, 11) is 1.99. The van der Waals surface area contributed by atoms with E-state index in [1.165, 1.54) is 19.3 Å². The zero-order valence-corrected chi connectivity index (χ0v) is 22.3. The number of carbonyl (C=O) groups is 1. The third-order valence-electron chi connectivity index (χ3n) is 8.85. The van der Waals surface area contributed by atoms with Crippen molar-refractivity contribution in [1.29, 1.82) is 0 Å². The first-order valence-electron chi connectivity index (χ1n) is 13.3. The van der Waals surface area contributed by atoms with Crippen LogP contribution in [0.2, 0.25) is 5.02 Å². The van der Waals surface area contributed by atoms with Crippen LogP contribution in [0.4, 0.5) is 5.69 Å². The van der Waals surface area contributed by atoms with Crippen LogP contribution in [0.3, 0.4) is 0 Å². The topological polar surface area (TPSA) is 63.1 Å². The van der Waals surface area contributed by atoms with Crippen molar-refractivity contribution in [3.63, 3.8) is 0 Å². The quantitative estimate of drug-likeness (QED) is 0.376. The molecule has 1 amide bonds. The van der Waals surface area contributed by atoms with Crippen molar-refractivity contribution in [3.05, 3.63) is 88.5 Å². The van der Waals surface area contributed by atoms with Crippen LogP contribution in [0.1, 0.15) is 77.9 Å². The van der Waals surface area contributed by atoms with Crippen LogP contribution in [0.15, 0.2) is 55.4 Å². The smallest absolute Gasteiger partial charge is 0.258 e. The first-order valence-corrected chi connectivity index (χ1v) is 13.7. The van der Waals surface area contributed by atoms with Crippen molar-refractivity contribution < 1.29 is 4.79 Å². The van der Waals surface area contributed by atoms with Crippen molar-refractivity contribution >= 4 is 23.2 Å². The van der Waals surface area contributed by atoms with Crippen LogP contribution in [-0.2, 0) is 19.0 Å². The van der Waals surface area contributed by atoms with E-state index in [1.807, 2.05) is 46.9 Å². The van der Waals surface area contributed by atoms with Crippen LogP contribution in [0.5, 0.6) is 0 Å². The molecule has 6 rings (SSSR count). The van der Waals surface area contributed by atoms with Crippen LogP contribution < -0.4 is 10.2 Å². The number of hydrogen-bond donors (Lipinski definition) is 1. The molecule has 1 atom stereocenters. The zero-order chi connectivity index (χ0) is 25.7. The monoisotopic (exact) mass is 515 g/mol. The number of anilines is 1. The van der Waals surface area contributed by atoms with Gasteiger partial charge in [-0.05, 0) is 86.4 Å². The highest BCUT2D eigenvalue weighted by Gasteiger charge is 2.49. The molecule has 2 aliphatic carbocycles. The maximum atomic E-state index is 13.7. The fraction of sp³-hybridized carbons (Fsp3) is 0.433. The number of aromatic nitrogens is 3. The highest BCUT2D eigenvalue weighted by atomic mass is 35.5. The lowest BCUT2D eigenvalue weighted by molar-refractivity contribution is 0.0996. The maximum Gasteiger partial charge on any atom is 0.258 e. The van der Waals surface area contributed by atoms with E-state index in [2.05, 4.69) is 41.1 Å². The molecule has 1 aliphatic heterocycles. The molecule has 7 heteroatoms. The summed E-state index contributed by atoms with van der Waals surface area (Å²) in [5.74, 6) is 2.18. The minimum atomic E-state index is -0.234. The Kier molecular flexibility index (Phi) is 6.20. The summed E-state index contributed by atoms with van der Waals surface area (Å²) in [6.45, 7) is 7.65. The molecule has 2 saturated carbocycles. The highest BCUT2D eigenvalue weighted by Crippen LogP contribution is 2.52. The predicted octanol–water partition coefficient (Wildman–Crippen LogP) is 5.96. The summed E-state index contributed by atoms with van der Waals surface area (Å²) in [6.07, 6.45) is 9.60. The van der Waals surface area contributed by atoms with Gasteiger partial charge in [-0.2, -0.15) is 0 Å². The number of nitrogens with zero attached hydrogens (tertiary/aromatic N) is 4. The van der Waals surface area contributed by atoms with Crippen molar-refractivity contribution in [3.8, 4) is 0 Å². The van der Waals surface area contributed by atoms with Crippen LogP contribution in [0.25, 0.3) is 0 Å². The van der Waals surface area contributed by atoms with Gasteiger partial charge in [-0.3, -0.25) is 4.79 Å². The number of rotatable bonds is 8. The van der Waals surface area contributed by atoms with E-state index in [0.29, 0.717) is 23.0 Å². The van der Waals surface area contributed by atoms with Crippen molar-refractivity contribution in [1.82, 2.24) is 20.1 Å². The summed E-state index contributed by atoms with van der Waals surface area (Å²) < 4.78 is 2.00. The second kappa shape index (κ2) is 9.41. The lowest BCUT2D eigenvalue weighted by atomic mass is 9.58. The van der Waals surface area contributed by atoms with Gasteiger partial charge >= 0.3 is 0 Å². The van der Waals surface area contributed by atoms with Gasteiger partial charge in [0, 0.05) is 34.9 Å². The molecule has 2 aromatic carbocycles. The largest absolute Gasteiger partial charge is 0.320 e. The van der Waals surface area contributed by atoms with Gasteiger partial charge in [0.05, 0.1) is 12.0 Å². The van der Waals surface area contributed by atoms with Crippen LogP contribution in [0, 0.1) is 11.8 Å². The fourth-order valence-electron chi connectivity index (χ4n) is 6.24. The molecule has 1 aromatic heterocycles. The van der Waals surface area contributed by atoms with E-state index in [-0.39, 0.29) is 17.4 Å². The predicted molar refractivity (Wildman–Crippen MR) is 147 cm³/mol. The first kappa shape index (κ1) is 24.4. The standard InChI is InChI=1S/C30H34ClN5O/c1-4-20-14-30(15-20,29-34-33-18-35(29)3)23-9-6-10-24(13-23)36-17-26-25(28(36)37)11-22(12-27(26)31)19(2)32-16-21-7-5-8-21/h4,6,9-13,18-21,32H,1,5,7-8,14-17H2,2-3H3/t19-,20?,30?/m1/s1. The third kappa shape index (κ3) is 4.11. The lowest BCUT2D eigenvalue weighted by Crippen LogP contribution is -2.43. The van der Waals surface area contributed by atoms with E-state index in [0.717, 1.165) is 53.5 Å². The summed E-state index contributed by atoms with van der Waals surface area (Å²) in [4.78, 5) is 15.5. The van der Waals surface area contributed by atoms with Gasteiger partial charge in [-0.25, -0.2) is 0 Å². The molecule has 2 heterocycles. The summed E-state index contributed by atoms with van der Waals surface area (Å²) in [5, 5.41) is 12.9. The molecule has 3 aromatic rings. The van der Waals surface area contributed by atoms with Gasteiger partial charge in [-0.1, -0.05) is 36.2 Å². The molecule has 0 saturated heterocycles. The third-order valence-corrected chi connectivity index (χ3v) is 9.19. The number of fused-ring (bicyclic) bond motifs is 1. The molecule has 0 unspecified atom stereocenters. The van der Waals surface area contributed by atoms with Crippen molar-refractivity contribution in [2.24, 2.45) is 18.9 Å². The number of carbonyl (C=O) groups excluding carboxylic acids is 1. The molecule has 1 N–H and O–H groups in total. The minimum Gasteiger partial charge on any atom is -0.320 e. The Bertz CT molecular complexity index is 1350. The van der Waals surface area contributed by atoms with E-state index in [1.54, 1.807) is 6.33 Å². The molecule has 3 aliphatic rings. The van der Waals surface area contributed by atoms with Gasteiger partial charge in [0.15, 0.2) is 0 Å². The van der Waals surface area contributed by atoms with Crippen molar-refractivity contribution in [2.75, 3.05) is 11.4 Å². The van der Waals surface area contributed by atoms with Gasteiger partial charge < -0.3 is 14.8 Å². The number of halogens is 1. The Hall–Kier alpha value is -2.96. The Morgan fingerprint density at radius 1 is 1.27 bits per heavy atom. The molecule has 0 spiro atoms. The Labute approximate surface area is 223 Å². The van der Waals surface area contributed by atoms with E-state index in [4.69, 9.17) is 11.6 Å². The van der Waals surface area contributed by atoms with E-state index in [9.17, 15) is 4.79 Å². The van der Waals surface area contributed by atoms with Crippen LogP contribution >= 0.6 is 11.6 Å². The van der Waals surface area contributed by atoms with E-state index < -0.39 is 0 Å². The molecule has 37 heavy (non-hydrogen) atoms. The Morgan fingerprint density at radius 2 is 2.08 bits per heavy atom. The molecule has 6 nitrogen and oxygen atoms in total. The number of aryl methyl sites for hydroxylation is 1.